The maximum Gasteiger partial charge on any atom is 0.166 e. The van der Waals surface area contributed by atoms with Crippen LogP contribution in [0.1, 0.15) is 37.7 Å². The highest BCUT2D eigenvalue weighted by molar-refractivity contribution is 6.30. The highest BCUT2D eigenvalue weighted by Crippen LogP contribution is 2.45. The summed E-state index contributed by atoms with van der Waals surface area (Å²) >= 11 is 6.29. The van der Waals surface area contributed by atoms with E-state index < -0.39 is 0 Å². The molecule has 1 aromatic rings. The molecule has 1 heterocycles. The standard InChI is InChI=1S/C17H25ClN2O2/c1-20-10-13(11-20)22-16-14(8-12(18)9-15(16)21-2)17(19)6-4-3-5-7-17/h8-9,13H,3-7,10-11,19H2,1-2H3. The van der Waals surface area contributed by atoms with Gasteiger partial charge in [0.2, 0.25) is 0 Å². The van der Waals surface area contributed by atoms with Crippen LogP contribution in [-0.2, 0) is 5.54 Å². The number of hydrogen-bond donors (Lipinski definition) is 1. The van der Waals surface area contributed by atoms with Gasteiger partial charge in [-0.15, -0.1) is 0 Å². The molecule has 1 aliphatic carbocycles. The van der Waals surface area contributed by atoms with E-state index in [9.17, 15) is 0 Å². The minimum absolute atomic E-state index is 0.200. The van der Waals surface area contributed by atoms with E-state index >= 15 is 0 Å². The number of methoxy groups -OCH3 is 1. The van der Waals surface area contributed by atoms with Crippen molar-refractivity contribution in [2.45, 2.75) is 43.7 Å². The van der Waals surface area contributed by atoms with E-state index in [1.807, 2.05) is 12.1 Å². The van der Waals surface area contributed by atoms with Gasteiger partial charge in [-0.05, 0) is 26.0 Å². The van der Waals surface area contributed by atoms with Crippen molar-refractivity contribution >= 4 is 11.6 Å². The summed E-state index contributed by atoms with van der Waals surface area (Å²) in [5.74, 6) is 1.47. The van der Waals surface area contributed by atoms with Gasteiger partial charge in [-0.1, -0.05) is 30.9 Å². The lowest BCUT2D eigenvalue weighted by molar-refractivity contribution is 0.0349. The molecule has 0 unspecified atom stereocenters. The van der Waals surface area contributed by atoms with Gasteiger partial charge < -0.3 is 15.2 Å². The van der Waals surface area contributed by atoms with Crippen LogP contribution < -0.4 is 15.2 Å². The molecule has 2 fully saturated rings. The maximum absolute atomic E-state index is 6.73. The van der Waals surface area contributed by atoms with Crippen LogP contribution in [0.15, 0.2) is 12.1 Å². The van der Waals surface area contributed by atoms with Gasteiger partial charge in [0.05, 0.1) is 7.11 Å². The molecule has 122 valence electrons. The van der Waals surface area contributed by atoms with Crippen molar-refractivity contribution in [3.05, 3.63) is 22.7 Å². The van der Waals surface area contributed by atoms with Gasteiger partial charge in [-0.25, -0.2) is 0 Å². The third-order valence-corrected chi connectivity index (χ3v) is 5.06. The zero-order chi connectivity index (χ0) is 15.7. The molecule has 0 radical (unpaired) electrons. The first-order valence-electron chi connectivity index (χ1n) is 8.04. The van der Waals surface area contributed by atoms with E-state index in [-0.39, 0.29) is 11.6 Å². The van der Waals surface area contributed by atoms with E-state index in [2.05, 4.69) is 11.9 Å². The molecule has 1 saturated heterocycles. The monoisotopic (exact) mass is 324 g/mol. The van der Waals surface area contributed by atoms with Gasteiger partial charge in [0, 0.05) is 35.3 Å². The van der Waals surface area contributed by atoms with Crippen molar-refractivity contribution in [1.82, 2.24) is 4.90 Å². The summed E-state index contributed by atoms with van der Waals surface area (Å²) in [7, 11) is 3.74. The van der Waals surface area contributed by atoms with Gasteiger partial charge in [-0.2, -0.15) is 0 Å². The molecule has 2 N–H and O–H groups in total. The van der Waals surface area contributed by atoms with Crippen molar-refractivity contribution < 1.29 is 9.47 Å². The Morgan fingerprint density at radius 3 is 2.50 bits per heavy atom. The second-order valence-electron chi connectivity index (χ2n) is 6.66. The van der Waals surface area contributed by atoms with Crippen molar-refractivity contribution in [1.29, 1.82) is 0 Å². The highest BCUT2D eigenvalue weighted by Gasteiger charge is 2.36. The fourth-order valence-corrected chi connectivity index (χ4v) is 3.75. The van der Waals surface area contributed by atoms with Gasteiger partial charge in [0.15, 0.2) is 11.5 Å². The first-order chi connectivity index (χ1) is 10.5. The number of hydrogen-bond acceptors (Lipinski definition) is 4. The summed E-state index contributed by atoms with van der Waals surface area (Å²) in [5, 5.41) is 0.653. The topological polar surface area (TPSA) is 47.7 Å². The summed E-state index contributed by atoms with van der Waals surface area (Å²) in [6.07, 6.45) is 5.69. The number of benzene rings is 1. The molecule has 5 heteroatoms. The third-order valence-electron chi connectivity index (χ3n) is 4.84. The molecule has 1 saturated carbocycles. The number of rotatable bonds is 4. The first kappa shape index (κ1) is 15.9. The largest absolute Gasteiger partial charge is 0.493 e. The Hall–Kier alpha value is -0.970. The Balaban J connectivity index is 1.97. The third kappa shape index (κ3) is 3.05. The first-order valence-corrected chi connectivity index (χ1v) is 8.42. The lowest BCUT2D eigenvalue weighted by Crippen LogP contribution is -2.51. The second-order valence-corrected chi connectivity index (χ2v) is 7.10. The summed E-state index contributed by atoms with van der Waals surface area (Å²) in [6, 6.07) is 3.78. The van der Waals surface area contributed by atoms with E-state index in [1.54, 1.807) is 7.11 Å². The molecule has 4 nitrogen and oxygen atoms in total. The Bertz CT molecular complexity index is 538. The Kier molecular flexibility index (Phi) is 4.53. The molecule has 22 heavy (non-hydrogen) atoms. The molecule has 0 spiro atoms. The molecule has 1 aliphatic heterocycles. The normalized spacial score (nSPS) is 22.2. The molecule has 0 bridgehead atoms. The average Bonchev–Trinajstić information content (AvgIpc) is 2.47. The van der Waals surface area contributed by atoms with Crippen LogP contribution in [0.3, 0.4) is 0 Å². The van der Waals surface area contributed by atoms with E-state index in [4.69, 9.17) is 26.8 Å². The molecule has 0 amide bonds. The molecule has 2 aliphatic rings. The van der Waals surface area contributed by atoms with Gasteiger partial charge in [-0.3, -0.25) is 4.90 Å². The fraction of sp³-hybridized carbons (Fsp3) is 0.647. The predicted molar refractivity (Wildman–Crippen MR) is 88.9 cm³/mol. The van der Waals surface area contributed by atoms with Crippen LogP contribution in [0, 0.1) is 0 Å². The lowest BCUT2D eigenvalue weighted by atomic mass is 9.77. The molecule has 3 rings (SSSR count). The van der Waals surface area contributed by atoms with Crippen molar-refractivity contribution in [3.8, 4) is 11.5 Å². The highest BCUT2D eigenvalue weighted by atomic mass is 35.5. The molecular weight excluding hydrogens is 300 g/mol. The van der Waals surface area contributed by atoms with Crippen LogP contribution in [0.2, 0.25) is 5.02 Å². The van der Waals surface area contributed by atoms with Gasteiger partial charge >= 0.3 is 0 Å². The van der Waals surface area contributed by atoms with Crippen LogP contribution in [-0.4, -0.2) is 38.3 Å². The van der Waals surface area contributed by atoms with Gasteiger partial charge in [0.25, 0.3) is 0 Å². The Morgan fingerprint density at radius 1 is 1.23 bits per heavy atom. The number of likely N-dealkylation sites (tertiary alicyclic amines) is 1. The van der Waals surface area contributed by atoms with Crippen LogP contribution in [0.5, 0.6) is 11.5 Å². The Morgan fingerprint density at radius 2 is 1.91 bits per heavy atom. The second kappa shape index (κ2) is 6.26. The molecule has 0 atom stereocenters. The summed E-state index contributed by atoms with van der Waals surface area (Å²) < 4.78 is 11.8. The lowest BCUT2D eigenvalue weighted by Gasteiger charge is -2.39. The van der Waals surface area contributed by atoms with Crippen LogP contribution in [0.25, 0.3) is 0 Å². The zero-order valence-electron chi connectivity index (χ0n) is 13.4. The predicted octanol–water partition coefficient (Wildman–Crippen LogP) is 3.16. The van der Waals surface area contributed by atoms with Crippen LogP contribution in [0.4, 0.5) is 0 Å². The van der Waals surface area contributed by atoms with E-state index in [0.717, 1.165) is 50.1 Å². The zero-order valence-corrected chi connectivity index (χ0v) is 14.2. The number of likely N-dealkylation sites (N-methyl/N-ethyl adjacent to an activating group) is 1. The number of nitrogens with two attached hydrogens (primary N) is 1. The van der Waals surface area contributed by atoms with Crippen molar-refractivity contribution in [2.24, 2.45) is 5.73 Å². The van der Waals surface area contributed by atoms with Crippen molar-refractivity contribution in [2.75, 3.05) is 27.2 Å². The van der Waals surface area contributed by atoms with E-state index in [0.29, 0.717) is 10.8 Å². The van der Waals surface area contributed by atoms with E-state index in [1.165, 1.54) is 6.42 Å². The minimum Gasteiger partial charge on any atom is -0.493 e. The number of nitrogens with zero attached hydrogens (tertiary/aromatic N) is 1. The van der Waals surface area contributed by atoms with Crippen LogP contribution >= 0.6 is 11.6 Å². The average molecular weight is 325 g/mol. The summed E-state index contributed by atoms with van der Waals surface area (Å²) in [4.78, 5) is 2.23. The smallest absolute Gasteiger partial charge is 0.166 e. The van der Waals surface area contributed by atoms with Crippen molar-refractivity contribution in [3.63, 3.8) is 0 Å². The minimum atomic E-state index is -0.360. The van der Waals surface area contributed by atoms with Gasteiger partial charge in [0.1, 0.15) is 6.10 Å². The SMILES string of the molecule is COc1cc(Cl)cc(C2(N)CCCCC2)c1OC1CN(C)C1. The molecular formula is C17H25ClN2O2. The molecule has 0 aromatic heterocycles. The fourth-order valence-electron chi connectivity index (χ4n) is 3.55. The number of ether oxygens (including phenoxy) is 2. The summed E-state index contributed by atoms with van der Waals surface area (Å²) in [6.45, 7) is 1.87. The Labute approximate surface area is 137 Å². The summed E-state index contributed by atoms with van der Waals surface area (Å²) in [5.41, 5.74) is 7.38. The maximum atomic E-state index is 6.73. The quantitative estimate of drug-likeness (QED) is 0.924. The molecule has 1 aromatic carbocycles. The number of halogens is 1.